The standard InChI is InChI=1S/C14H18BrFN2O3/c1-8(2)5-12(13(19)20)18-14(21)17-7-9-6-10(15)3-4-11(9)16/h3-4,6,8,12H,5,7H2,1-2H3,(H,19,20)(H2,17,18,21). The van der Waals surface area contributed by atoms with Crippen LogP contribution in [0.25, 0.3) is 0 Å². The summed E-state index contributed by atoms with van der Waals surface area (Å²) < 4.78 is 14.2. The van der Waals surface area contributed by atoms with E-state index in [0.717, 1.165) is 0 Å². The maximum Gasteiger partial charge on any atom is 0.326 e. The summed E-state index contributed by atoms with van der Waals surface area (Å²) in [6.45, 7) is 3.71. The fourth-order valence-corrected chi connectivity index (χ4v) is 2.16. The van der Waals surface area contributed by atoms with Crippen LogP contribution >= 0.6 is 15.9 Å². The Morgan fingerprint density at radius 3 is 2.62 bits per heavy atom. The van der Waals surface area contributed by atoms with Gasteiger partial charge in [0.15, 0.2) is 0 Å². The van der Waals surface area contributed by atoms with Crippen LogP contribution in [0.4, 0.5) is 9.18 Å². The van der Waals surface area contributed by atoms with Gasteiger partial charge in [0.25, 0.3) is 0 Å². The highest BCUT2D eigenvalue weighted by molar-refractivity contribution is 9.10. The maximum absolute atomic E-state index is 13.5. The third kappa shape index (κ3) is 6.12. The molecule has 2 amide bonds. The summed E-state index contributed by atoms with van der Waals surface area (Å²) in [6.07, 6.45) is 0.327. The van der Waals surface area contributed by atoms with Crippen molar-refractivity contribution in [3.8, 4) is 0 Å². The molecule has 3 N–H and O–H groups in total. The number of benzene rings is 1. The molecule has 1 aromatic rings. The van der Waals surface area contributed by atoms with Gasteiger partial charge in [-0.1, -0.05) is 29.8 Å². The number of hydrogen-bond donors (Lipinski definition) is 3. The van der Waals surface area contributed by atoms with Gasteiger partial charge in [0, 0.05) is 16.6 Å². The Labute approximate surface area is 131 Å². The second-order valence-corrected chi connectivity index (χ2v) is 6.00. The van der Waals surface area contributed by atoms with E-state index >= 15 is 0 Å². The van der Waals surface area contributed by atoms with Crippen molar-refractivity contribution in [3.63, 3.8) is 0 Å². The normalized spacial score (nSPS) is 12.0. The van der Waals surface area contributed by atoms with Gasteiger partial charge in [-0.25, -0.2) is 14.0 Å². The second kappa shape index (κ2) is 7.97. The molecule has 116 valence electrons. The third-order valence-corrected chi connectivity index (χ3v) is 3.25. The molecule has 1 unspecified atom stereocenters. The summed E-state index contributed by atoms with van der Waals surface area (Å²) in [4.78, 5) is 22.7. The summed E-state index contributed by atoms with van der Waals surface area (Å²) in [6, 6.07) is 2.80. The number of carbonyl (C=O) groups excluding carboxylic acids is 1. The van der Waals surface area contributed by atoms with Crippen molar-refractivity contribution in [2.75, 3.05) is 0 Å². The minimum atomic E-state index is -1.09. The van der Waals surface area contributed by atoms with Crippen molar-refractivity contribution in [1.82, 2.24) is 10.6 Å². The molecule has 1 atom stereocenters. The lowest BCUT2D eigenvalue weighted by Gasteiger charge is -2.17. The van der Waals surface area contributed by atoms with Crippen LogP contribution in [-0.4, -0.2) is 23.1 Å². The monoisotopic (exact) mass is 360 g/mol. The van der Waals surface area contributed by atoms with E-state index in [-0.39, 0.29) is 12.5 Å². The first-order chi connectivity index (χ1) is 9.79. The van der Waals surface area contributed by atoms with Gasteiger partial charge in [-0.15, -0.1) is 0 Å². The van der Waals surface area contributed by atoms with Crippen LogP contribution in [0.5, 0.6) is 0 Å². The van der Waals surface area contributed by atoms with Gasteiger partial charge in [0.2, 0.25) is 0 Å². The Morgan fingerprint density at radius 1 is 1.38 bits per heavy atom. The van der Waals surface area contributed by atoms with Crippen molar-refractivity contribution in [2.45, 2.75) is 32.9 Å². The van der Waals surface area contributed by atoms with Crippen molar-refractivity contribution < 1.29 is 19.1 Å². The Kier molecular flexibility index (Phi) is 6.61. The number of carbonyl (C=O) groups is 2. The predicted molar refractivity (Wildman–Crippen MR) is 80.4 cm³/mol. The van der Waals surface area contributed by atoms with Crippen LogP contribution in [0.15, 0.2) is 22.7 Å². The smallest absolute Gasteiger partial charge is 0.326 e. The number of carboxylic acid groups (broad SMARTS) is 1. The summed E-state index contributed by atoms with van der Waals surface area (Å²) >= 11 is 3.22. The molecule has 1 rings (SSSR count). The van der Waals surface area contributed by atoms with Gasteiger partial charge in [-0.3, -0.25) is 0 Å². The van der Waals surface area contributed by atoms with Crippen LogP contribution in [0.2, 0.25) is 0 Å². The second-order valence-electron chi connectivity index (χ2n) is 5.08. The van der Waals surface area contributed by atoms with Crippen LogP contribution in [0, 0.1) is 11.7 Å². The first-order valence-corrected chi connectivity index (χ1v) is 7.30. The van der Waals surface area contributed by atoms with Gasteiger partial charge < -0.3 is 15.7 Å². The largest absolute Gasteiger partial charge is 0.480 e. The highest BCUT2D eigenvalue weighted by Crippen LogP contribution is 2.15. The first kappa shape index (κ1) is 17.4. The fourth-order valence-electron chi connectivity index (χ4n) is 1.76. The minimum Gasteiger partial charge on any atom is -0.480 e. The molecule has 1 aromatic carbocycles. The van der Waals surface area contributed by atoms with E-state index in [1.54, 1.807) is 12.1 Å². The Bertz CT molecular complexity index is 523. The number of rotatable bonds is 6. The van der Waals surface area contributed by atoms with Crippen LogP contribution in [-0.2, 0) is 11.3 Å². The molecule has 0 radical (unpaired) electrons. The fraction of sp³-hybridized carbons (Fsp3) is 0.429. The summed E-state index contributed by atoms with van der Waals surface area (Å²) in [7, 11) is 0. The number of urea groups is 1. The third-order valence-electron chi connectivity index (χ3n) is 2.76. The highest BCUT2D eigenvalue weighted by Gasteiger charge is 2.20. The van der Waals surface area contributed by atoms with Crippen LogP contribution in [0.1, 0.15) is 25.8 Å². The lowest BCUT2D eigenvalue weighted by molar-refractivity contribution is -0.139. The molecule has 5 nitrogen and oxygen atoms in total. The first-order valence-electron chi connectivity index (χ1n) is 6.50. The molecule has 0 bridgehead atoms. The van der Waals surface area contributed by atoms with E-state index in [9.17, 15) is 14.0 Å². The molecule has 0 fully saturated rings. The molecule has 0 aliphatic carbocycles. The molecule has 0 spiro atoms. The molecular formula is C14H18BrFN2O3. The van der Waals surface area contributed by atoms with E-state index in [1.165, 1.54) is 6.07 Å². The van der Waals surface area contributed by atoms with E-state index in [0.29, 0.717) is 16.5 Å². The highest BCUT2D eigenvalue weighted by atomic mass is 79.9. The average Bonchev–Trinajstić information content (AvgIpc) is 2.38. The zero-order chi connectivity index (χ0) is 16.0. The predicted octanol–water partition coefficient (Wildman–Crippen LogP) is 2.89. The van der Waals surface area contributed by atoms with Gasteiger partial charge >= 0.3 is 12.0 Å². The molecule has 21 heavy (non-hydrogen) atoms. The number of aliphatic carboxylic acids is 1. The molecule has 0 aliphatic heterocycles. The van der Waals surface area contributed by atoms with E-state index in [4.69, 9.17) is 5.11 Å². The lowest BCUT2D eigenvalue weighted by Crippen LogP contribution is -2.46. The summed E-state index contributed by atoms with van der Waals surface area (Å²) in [5, 5.41) is 13.8. The number of halogens is 2. The van der Waals surface area contributed by atoms with Crippen molar-refractivity contribution in [1.29, 1.82) is 0 Å². The number of carboxylic acids is 1. The lowest BCUT2D eigenvalue weighted by atomic mass is 10.0. The van der Waals surface area contributed by atoms with Gasteiger partial charge in [0.1, 0.15) is 11.9 Å². The van der Waals surface area contributed by atoms with Crippen LogP contribution in [0.3, 0.4) is 0 Å². The maximum atomic E-state index is 13.5. The molecule has 7 heteroatoms. The number of hydrogen-bond acceptors (Lipinski definition) is 2. The molecule has 0 saturated heterocycles. The zero-order valence-corrected chi connectivity index (χ0v) is 13.4. The summed E-state index contributed by atoms with van der Waals surface area (Å²) in [5.41, 5.74) is 0.315. The number of nitrogens with one attached hydrogen (secondary N) is 2. The van der Waals surface area contributed by atoms with E-state index in [2.05, 4.69) is 26.6 Å². The van der Waals surface area contributed by atoms with E-state index in [1.807, 2.05) is 13.8 Å². The quantitative estimate of drug-likeness (QED) is 0.729. The minimum absolute atomic E-state index is 0.0227. The van der Waals surface area contributed by atoms with Crippen molar-refractivity contribution in [2.24, 2.45) is 5.92 Å². The average molecular weight is 361 g/mol. The van der Waals surface area contributed by atoms with Gasteiger partial charge in [-0.05, 0) is 30.5 Å². The zero-order valence-electron chi connectivity index (χ0n) is 11.8. The van der Waals surface area contributed by atoms with Crippen LogP contribution < -0.4 is 10.6 Å². The molecule has 0 aliphatic rings. The van der Waals surface area contributed by atoms with Gasteiger partial charge in [0.05, 0.1) is 0 Å². The molecule has 0 heterocycles. The summed E-state index contributed by atoms with van der Waals surface area (Å²) in [5.74, 6) is -1.39. The molecular weight excluding hydrogens is 343 g/mol. The van der Waals surface area contributed by atoms with Crippen molar-refractivity contribution >= 4 is 27.9 Å². The Hall–Kier alpha value is -1.63. The number of amides is 2. The Balaban J connectivity index is 2.56. The van der Waals surface area contributed by atoms with Gasteiger partial charge in [-0.2, -0.15) is 0 Å². The topological polar surface area (TPSA) is 78.4 Å². The van der Waals surface area contributed by atoms with E-state index < -0.39 is 23.9 Å². The molecule has 0 saturated carbocycles. The Morgan fingerprint density at radius 2 is 2.05 bits per heavy atom. The molecule has 0 aromatic heterocycles. The SMILES string of the molecule is CC(C)CC(NC(=O)NCc1cc(Br)ccc1F)C(=O)O. The van der Waals surface area contributed by atoms with Crippen molar-refractivity contribution in [3.05, 3.63) is 34.1 Å².